The third kappa shape index (κ3) is 5.13. The van der Waals surface area contributed by atoms with Crippen LogP contribution in [-0.2, 0) is 9.59 Å². The molecule has 2 aromatic carbocycles. The number of para-hydroxylation sites is 2. The van der Waals surface area contributed by atoms with E-state index in [0.29, 0.717) is 22.9 Å². The Morgan fingerprint density at radius 3 is 2.50 bits per heavy atom. The number of methoxy groups -OCH3 is 2. The Bertz CT molecular complexity index is 886. The molecule has 1 aliphatic carbocycles. The molecule has 0 saturated heterocycles. The van der Waals surface area contributed by atoms with Crippen LogP contribution < -0.4 is 19.5 Å². The molecule has 1 saturated carbocycles. The van der Waals surface area contributed by atoms with Crippen LogP contribution in [-0.4, -0.2) is 32.5 Å². The molecule has 3 rings (SSSR count). The second kappa shape index (κ2) is 9.08. The lowest BCUT2D eigenvalue weighted by Gasteiger charge is -2.13. The molecule has 0 aliphatic heterocycles. The molecule has 1 fully saturated rings. The first-order chi connectivity index (χ1) is 13.6. The molecule has 0 spiro atoms. The number of hydrogen-bond acceptors (Lipinski definition) is 5. The van der Waals surface area contributed by atoms with E-state index >= 15 is 0 Å². The van der Waals surface area contributed by atoms with Gasteiger partial charge in [0, 0.05) is 5.92 Å². The van der Waals surface area contributed by atoms with E-state index in [9.17, 15) is 9.59 Å². The summed E-state index contributed by atoms with van der Waals surface area (Å²) in [6, 6.07) is 12.4. The van der Waals surface area contributed by atoms with Gasteiger partial charge in [-0.3, -0.25) is 9.59 Å². The molecular weight excluding hydrogens is 358 g/mol. The maximum absolute atomic E-state index is 12.2. The average molecular weight is 381 g/mol. The maximum Gasteiger partial charge on any atom is 0.262 e. The molecule has 0 atom stereocenters. The molecule has 6 heteroatoms. The molecule has 0 radical (unpaired) electrons. The zero-order chi connectivity index (χ0) is 19.9. The van der Waals surface area contributed by atoms with E-state index in [-0.39, 0.29) is 24.2 Å². The van der Waals surface area contributed by atoms with Crippen molar-refractivity contribution in [3.63, 3.8) is 0 Å². The lowest BCUT2D eigenvalue weighted by molar-refractivity contribution is -0.118. The molecule has 1 aliphatic rings. The molecule has 0 unspecified atom stereocenters. The van der Waals surface area contributed by atoms with Crippen molar-refractivity contribution in [3.05, 3.63) is 54.1 Å². The minimum Gasteiger partial charge on any atom is -0.495 e. The fourth-order valence-corrected chi connectivity index (χ4v) is 2.67. The van der Waals surface area contributed by atoms with Gasteiger partial charge in [-0.2, -0.15) is 0 Å². The second-order valence-electron chi connectivity index (χ2n) is 6.46. The van der Waals surface area contributed by atoms with Crippen molar-refractivity contribution in [1.82, 2.24) is 0 Å². The lowest BCUT2D eigenvalue weighted by Crippen LogP contribution is -2.20. The zero-order valence-corrected chi connectivity index (χ0v) is 15.9. The predicted octanol–water partition coefficient (Wildman–Crippen LogP) is 3.71. The van der Waals surface area contributed by atoms with Gasteiger partial charge in [-0.05, 0) is 48.7 Å². The predicted molar refractivity (Wildman–Crippen MR) is 107 cm³/mol. The lowest BCUT2D eigenvalue weighted by atomic mass is 10.1. The highest BCUT2D eigenvalue weighted by molar-refractivity contribution is 5.97. The Kier molecular flexibility index (Phi) is 6.32. The third-order valence-electron chi connectivity index (χ3n) is 4.35. The van der Waals surface area contributed by atoms with Crippen LogP contribution in [0.1, 0.15) is 18.4 Å². The monoisotopic (exact) mass is 381 g/mol. The summed E-state index contributed by atoms with van der Waals surface area (Å²) in [5, 5.41) is 2.75. The zero-order valence-electron chi connectivity index (χ0n) is 15.9. The van der Waals surface area contributed by atoms with E-state index in [4.69, 9.17) is 14.2 Å². The smallest absolute Gasteiger partial charge is 0.262 e. The maximum atomic E-state index is 12.2. The largest absolute Gasteiger partial charge is 0.495 e. The van der Waals surface area contributed by atoms with E-state index in [1.165, 1.54) is 7.11 Å². The summed E-state index contributed by atoms with van der Waals surface area (Å²) in [6.45, 7) is -0.177. The summed E-state index contributed by atoms with van der Waals surface area (Å²) >= 11 is 0. The molecule has 0 aromatic heterocycles. The number of nitrogens with one attached hydrogen (secondary N) is 1. The topological polar surface area (TPSA) is 73.9 Å². The molecule has 146 valence electrons. The first kappa shape index (κ1) is 19.5. The van der Waals surface area contributed by atoms with Crippen molar-refractivity contribution in [2.45, 2.75) is 12.8 Å². The number of amides is 1. The van der Waals surface area contributed by atoms with Crippen LogP contribution in [0.2, 0.25) is 0 Å². The Balaban J connectivity index is 1.60. The summed E-state index contributed by atoms with van der Waals surface area (Å²) in [6.07, 6.45) is 5.33. The van der Waals surface area contributed by atoms with Crippen molar-refractivity contribution >= 4 is 23.5 Å². The first-order valence-corrected chi connectivity index (χ1v) is 9.06. The van der Waals surface area contributed by atoms with Crippen LogP contribution >= 0.6 is 0 Å². The molecule has 0 heterocycles. The molecule has 1 N–H and O–H groups in total. The van der Waals surface area contributed by atoms with Crippen molar-refractivity contribution < 1.29 is 23.8 Å². The fraction of sp³-hybridized carbons (Fsp3) is 0.273. The van der Waals surface area contributed by atoms with Crippen LogP contribution in [0.4, 0.5) is 5.69 Å². The third-order valence-corrected chi connectivity index (χ3v) is 4.35. The number of benzene rings is 2. The first-order valence-electron chi connectivity index (χ1n) is 9.06. The number of carbonyl (C=O) groups excluding carboxylic acids is 2. The number of anilines is 1. The van der Waals surface area contributed by atoms with Crippen molar-refractivity contribution in [2.75, 3.05) is 26.1 Å². The summed E-state index contributed by atoms with van der Waals surface area (Å²) in [7, 11) is 3.07. The minimum atomic E-state index is -0.314. The van der Waals surface area contributed by atoms with Crippen LogP contribution in [0.25, 0.3) is 6.08 Å². The van der Waals surface area contributed by atoms with Crippen molar-refractivity contribution in [2.24, 2.45) is 5.92 Å². The van der Waals surface area contributed by atoms with Gasteiger partial charge < -0.3 is 19.5 Å². The van der Waals surface area contributed by atoms with Gasteiger partial charge in [0.2, 0.25) is 0 Å². The Morgan fingerprint density at radius 2 is 1.79 bits per heavy atom. The summed E-state index contributed by atoms with van der Waals surface area (Å²) in [5.41, 5.74) is 1.41. The van der Waals surface area contributed by atoms with Crippen LogP contribution in [0.3, 0.4) is 0 Å². The number of allylic oxidation sites excluding steroid dienone is 1. The highest BCUT2D eigenvalue weighted by Gasteiger charge is 2.27. The highest BCUT2D eigenvalue weighted by Crippen LogP contribution is 2.31. The molecule has 28 heavy (non-hydrogen) atoms. The van der Waals surface area contributed by atoms with Crippen LogP contribution in [0.5, 0.6) is 17.2 Å². The normalized spacial score (nSPS) is 13.2. The Morgan fingerprint density at radius 1 is 1.04 bits per heavy atom. The van der Waals surface area contributed by atoms with Crippen molar-refractivity contribution in [1.29, 1.82) is 0 Å². The van der Waals surface area contributed by atoms with Gasteiger partial charge in [0.1, 0.15) is 5.75 Å². The van der Waals surface area contributed by atoms with Gasteiger partial charge >= 0.3 is 0 Å². The minimum absolute atomic E-state index is 0.160. The molecule has 6 nitrogen and oxygen atoms in total. The van der Waals surface area contributed by atoms with Gasteiger partial charge in [-0.1, -0.05) is 24.3 Å². The number of hydrogen-bond donors (Lipinski definition) is 1. The van der Waals surface area contributed by atoms with Gasteiger partial charge in [-0.15, -0.1) is 0 Å². The van der Waals surface area contributed by atoms with Crippen molar-refractivity contribution in [3.8, 4) is 17.2 Å². The van der Waals surface area contributed by atoms with E-state index in [1.54, 1.807) is 43.5 Å². The fourth-order valence-electron chi connectivity index (χ4n) is 2.67. The molecule has 1 amide bonds. The van der Waals surface area contributed by atoms with Gasteiger partial charge in [0.05, 0.1) is 19.9 Å². The van der Waals surface area contributed by atoms with E-state index < -0.39 is 0 Å². The van der Waals surface area contributed by atoms with Gasteiger partial charge in [0.15, 0.2) is 23.9 Å². The standard InChI is InChI=1S/C22H23NO5/c1-26-19-6-4-3-5-17(19)23-22(25)14-28-20-12-8-15(13-21(20)27-2)7-11-18(24)16-9-10-16/h3-8,11-13,16H,9-10,14H2,1-2H3,(H,23,25)/b11-7+. The Hall–Kier alpha value is -3.28. The van der Waals surface area contributed by atoms with Gasteiger partial charge in [-0.25, -0.2) is 0 Å². The number of carbonyl (C=O) groups is 2. The quantitative estimate of drug-likeness (QED) is 0.670. The molecule has 2 aromatic rings. The number of rotatable bonds is 9. The average Bonchev–Trinajstić information content (AvgIpc) is 3.56. The summed E-state index contributed by atoms with van der Waals surface area (Å²) < 4.78 is 16.2. The van der Waals surface area contributed by atoms with E-state index in [0.717, 1.165) is 18.4 Å². The second-order valence-corrected chi connectivity index (χ2v) is 6.46. The van der Waals surface area contributed by atoms with E-state index in [1.807, 2.05) is 18.2 Å². The molecule has 0 bridgehead atoms. The molecular formula is C22H23NO5. The Labute approximate surface area is 164 Å². The van der Waals surface area contributed by atoms with Crippen LogP contribution in [0.15, 0.2) is 48.5 Å². The van der Waals surface area contributed by atoms with Crippen LogP contribution in [0, 0.1) is 5.92 Å². The van der Waals surface area contributed by atoms with E-state index in [2.05, 4.69) is 5.32 Å². The summed E-state index contributed by atoms with van der Waals surface area (Å²) in [4.78, 5) is 24.0. The summed E-state index contributed by atoms with van der Waals surface area (Å²) in [5.74, 6) is 1.56. The number of ketones is 1. The van der Waals surface area contributed by atoms with Gasteiger partial charge in [0.25, 0.3) is 5.91 Å². The number of ether oxygens (including phenoxy) is 3. The SMILES string of the molecule is COc1ccccc1NC(=O)COc1ccc(/C=C/C(=O)C2CC2)cc1OC. The highest BCUT2D eigenvalue weighted by atomic mass is 16.5.